The fourth-order valence-electron chi connectivity index (χ4n) is 4.28. The summed E-state index contributed by atoms with van der Waals surface area (Å²) in [6, 6.07) is 15.2. The van der Waals surface area contributed by atoms with Crippen molar-refractivity contribution < 1.29 is 0 Å². The first-order valence-corrected chi connectivity index (χ1v) is 11.0. The van der Waals surface area contributed by atoms with E-state index >= 15 is 0 Å². The number of rotatable bonds is 4. The van der Waals surface area contributed by atoms with E-state index in [-0.39, 0.29) is 5.41 Å². The van der Waals surface area contributed by atoms with E-state index in [9.17, 15) is 0 Å². The zero-order chi connectivity index (χ0) is 21.4. The molecule has 2 N–H and O–H groups in total. The first-order chi connectivity index (χ1) is 15.0. The fraction of sp³-hybridized carbons (Fsp3) is 0.360. The Balaban J connectivity index is 1.35. The van der Waals surface area contributed by atoms with Gasteiger partial charge in [0, 0.05) is 44.1 Å². The van der Waals surface area contributed by atoms with E-state index in [4.69, 9.17) is 4.98 Å². The minimum atomic E-state index is 0.151. The molecule has 1 aliphatic heterocycles. The van der Waals surface area contributed by atoms with Gasteiger partial charge in [0.25, 0.3) is 0 Å². The van der Waals surface area contributed by atoms with Crippen LogP contribution in [0.1, 0.15) is 32.2 Å². The average molecular weight is 415 g/mol. The molecule has 5 rings (SSSR count). The van der Waals surface area contributed by atoms with Crippen LogP contribution in [0.2, 0.25) is 0 Å². The quantitative estimate of drug-likeness (QED) is 0.513. The van der Waals surface area contributed by atoms with Crippen LogP contribution in [-0.4, -0.2) is 51.0 Å². The summed E-state index contributed by atoms with van der Waals surface area (Å²) in [5.41, 5.74) is 5.96. The van der Waals surface area contributed by atoms with E-state index in [1.165, 1.54) is 11.3 Å². The third-order valence-electron chi connectivity index (χ3n) is 6.16. The second-order valence-electron chi connectivity index (χ2n) is 9.39. The largest absolute Gasteiger partial charge is 0.367 e. The van der Waals surface area contributed by atoms with Gasteiger partial charge >= 0.3 is 0 Å². The number of aromatic nitrogens is 4. The lowest BCUT2D eigenvalue weighted by atomic mass is 9.87. The molecule has 0 amide bonds. The summed E-state index contributed by atoms with van der Waals surface area (Å²) in [5, 5.41) is 0. The summed E-state index contributed by atoms with van der Waals surface area (Å²) in [7, 11) is 0. The molecule has 0 saturated carbocycles. The van der Waals surface area contributed by atoms with Crippen LogP contribution in [0.4, 0.5) is 5.69 Å². The standard InChI is InChI=1S/C25H30N6/c1-25(2,3)19-9-7-18(8-10-19)24-28-20-5-4-6-21(23(20)29-24)31-15-13-30(14-16-31)17-22-26-11-12-27-22/h4-12H,13-17H2,1-3H3,(H,26,27)(H,28,29). The highest BCUT2D eigenvalue weighted by molar-refractivity contribution is 5.91. The maximum atomic E-state index is 5.00. The van der Waals surface area contributed by atoms with Crippen LogP contribution in [0.25, 0.3) is 22.4 Å². The van der Waals surface area contributed by atoms with Gasteiger partial charge in [0.05, 0.1) is 17.7 Å². The van der Waals surface area contributed by atoms with Crippen LogP contribution < -0.4 is 4.90 Å². The third-order valence-corrected chi connectivity index (χ3v) is 6.16. The summed E-state index contributed by atoms with van der Waals surface area (Å²) in [6.07, 6.45) is 3.70. The second-order valence-corrected chi connectivity index (χ2v) is 9.39. The lowest BCUT2D eigenvalue weighted by molar-refractivity contribution is 0.245. The van der Waals surface area contributed by atoms with Gasteiger partial charge in [-0.25, -0.2) is 9.97 Å². The first-order valence-electron chi connectivity index (χ1n) is 11.0. The summed E-state index contributed by atoms with van der Waals surface area (Å²) in [6.45, 7) is 11.6. The lowest BCUT2D eigenvalue weighted by Crippen LogP contribution is -2.46. The zero-order valence-electron chi connectivity index (χ0n) is 18.5. The fourth-order valence-corrected chi connectivity index (χ4v) is 4.28. The van der Waals surface area contributed by atoms with Crippen molar-refractivity contribution in [2.45, 2.75) is 32.7 Å². The van der Waals surface area contributed by atoms with E-state index in [2.05, 4.69) is 88.0 Å². The Morgan fingerprint density at radius 2 is 1.74 bits per heavy atom. The number of H-pyrrole nitrogens is 2. The number of aromatic amines is 2. The molecule has 0 unspecified atom stereocenters. The minimum absolute atomic E-state index is 0.151. The molecule has 1 saturated heterocycles. The Hall–Kier alpha value is -3.12. The average Bonchev–Trinajstić information content (AvgIpc) is 3.43. The van der Waals surface area contributed by atoms with Crippen molar-refractivity contribution in [3.63, 3.8) is 0 Å². The van der Waals surface area contributed by atoms with E-state index in [1.54, 1.807) is 0 Å². The number of imidazole rings is 2. The third kappa shape index (κ3) is 4.08. The van der Waals surface area contributed by atoms with Gasteiger partial charge in [-0.3, -0.25) is 4.90 Å². The predicted molar refractivity (Wildman–Crippen MR) is 126 cm³/mol. The van der Waals surface area contributed by atoms with Crippen LogP contribution in [0.3, 0.4) is 0 Å². The van der Waals surface area contributed by atoms with Gasteiger partial charge in [-0.2, -0.15) is 0 Å². The molecule has 0 spiro atoms. The topological polar surface area (TPSA) is 63.8 Å². The number of nitrogens with one attached hydrogen (secondary N) is 2. The highest BCUT2D eigenvalue weighted by Crippen LogP contribution is 2.30. The molecule has 2 aromatic carbocycles. The number of para-hydroxylation sites is 1. The molecule has 1 aliphatic rings. The van der Waals surface area contributed by atoms with Gasteiger partial charge in [-0.05, 0) is 23.1 Å². The molecule has 0 atom stereocenters. The molecule has 1 fully saturated rings. The molecule has 0 bridgehead atoms. The summed E-state index contributed by atoms with van der Waals surface area (Å²) in [4.78, 5) is 21.0. The molecular weight excluding hydrogens is 384 g/mol. The SMILES string of the molecule is CC(C)(C)c1ccc(-c2nc3c(N4CCN(Cc5ncc[nH]5)CC4)cccc3[nH]2)cc1. The number of fused-ring (bicyclic) bond motifs is 1. The van der Waals surface area contributed by atoms with Crippen LogP contribution in [0.5, 0.6) is 0 Å². The Morgan fingerprint density at radius 1 is 0.968 bits per heavy atom. The number of hydrogen-bond donors (Lipinski definition) is 2. The van der Waals surface area contributed by atoms with Crippen molar-refractivity contribution in [2.75, 3.05) is 31.1 Å². The van der Waals surface area contributed by atoms with Gasteiger partial charge in [0.15, 0.2) is 0 Å². The number of benzene rings is 2. The number of nitrogens with zero attached hydrogens (tertiary/aromatic N) is 4. The second kappa shape index (κ2) is 7.85. The highest BCUT2D eigenvalue weighted by atomic mass is 15.3. The molecule has 4 aromatic rings. The molecular formula is C25H30N6. The van der Waals surface area contributed by atoms with E-state index in [1.807, 2.05) is 12.4 Å². The summed E-state index contributed by atoms with van der Waals surface area (Å²) < 4.78 is 0. The monoisotopic (exact) mass is 414 g/mol. The lowest BCUT2D eigenvalue weighted by Gasteiger charge is -2.35. The normalized spacial score (nSPS) is 15.6. The van der Waals surface area contributed by atoms with Crippen molar-refractivity contribution >= 4 is 16.7 Å². The molecule has 31 heavy (non-hydrogen) atoms. The molecule has 160 valence electrons. The molecule has 6 heteroatoms. The summed E-state index contributed by atoms with van der Waals surface area (Å²) in [5.74, 6) is 1.96. The van der Waals surface area contributed by atoms with E-state index < -0.39 is 0 Å². The van der Waals surface area contributed by atoms with Gasteiger partial charge in [0.2, 0.25) is 0 Å². The van der Waals surface area contributed by atoms with Crippen molar-refractivity contribution in [3.8, 4) is 11.4 Å². The zero-order valence-corrected chi connectivity index (χ0v) is 18.5. The maximum absolute atomic E-state index is 5.00. The molecule has 6 nitrogen and oxygen atoms in total. The van der Waals surface area contributed by atoms with Gasteiger partial charge < -0.3 is 14.9 Å². The molecule has 3 heterocycles. The Morgan fingerprint density at radius 3 is 2.42 bits per heavy atom. The van der Waals surface area contributed by atoms with Crippen molar-refractivity contribution in [1.82, 2.24) is 24.8 Å². The Kier molecular flexibility index (Phi) is 5.02. The molecule has 0 radical (unpaired) electrons. The number of hydrogen-bond acceptors (Lipinski definition) is 4. The molecule has 2 aromatic heterocycles. The maximum Gasteiger partial charge on any atom is 0.138 e. The van der Waals surface area contributed by atoms with Gasteiger partial charge in [0.1, 0.15) is 17.2 Å². The minimum Gasteiger partial charge on any atom is -0.367 e. The van der Waals surface area contributed by atoms with Gasteiger partial charge in [-0.1, -0.05) is 51.1 Å². The van der Waals surface area contributed by atoms with Crippen molar-refractivity contribution in [1.29, 1.82) is 0 Å². The van der Waals surface area contributed by atoms with Crippen LogP contribution in [-0.2, 0) is 12.0 Å². The van der Waals surface area contributed by atoms with Crippen LogP contribution >= 0.6 is 0 Å². The highest BCUT2D eigenvalue weighted by Gasteiger charge is 2.21. The predicted octanol–water partition coefficient (Wildman–Crippen LogP) is 4.57. The number of anilines is 1. The molecule has 0 aliphatic carbocycles. The van der Waals surface area contributed by atoms with E-state index in [0.717, 1.165) is 61.0 Å². The van der Waals surface area contributed by atoms with Crippen molar-refractivity contribution in [3.05, 3.63) is 66.2 Å². The van der Waals surface area contributed by atoms with Crippen LogP contribution in [0.15, 0.2) is 54.9 Å². The Bertz CT molecular complexity index is 1140. The van der Waals surface area contributed by atoms with E-state index in [0.29, 0.717) is 0 Å². The number of piperazine rings is 1. The smallest absolute Gasteiger partial charge is 0.138 e. The Labute approximate surface area is 183 Å². The summed E-state index contributed by atoms with van der Waals surface area (Å²) >= 11 is 0. The first kappa shape index (κ1) is 19.8. The van der Waals surface area contributed by atoms with Crippen LogP contribution in [0, 0.1) is 0 Å². The van der Waals surface area contributed by atoms with Gasteiger partial charge in [-0.15, -0.1) is 0 Å². The van der Waals surface area contributed by atoms with Crippen molar-refractivity contribution in [2.24, 2.45) is 0 Å².